The lowest BCUT2D eigenvalue weighted by Crippen LogP contribution is -2.29. The molecule has 0 bridgehead atoms. The number of rotatable bonds is 9. The molecule has 0 saturated carbocycles. The first-order valence-electron chi connectivity index (χ1n) is 25.3. The zero-order chi connectivity index (χ0) is 49.6. The van der Waals surface area contributed by atoms with E-state index in [1.54, 1.807) is 12.1 Å². The predicted molar refractivity (Wildman–Crippen MR) is 306 cm³/mol. The summed E-state index contributed by atoms with van der Waals surface area (Å²) in [5.74, 6) is 0.0771. The van der Waals surface area contributed by atoms with Gasteiger partial charge < -0.3 is 14.2 Å². The third kappa shape index (κ3) is 7.05. The zero-order valence-electron chi connectivity index (χ0n) is 41.5. The summed E-state index contributed by atoms with van der Waals surface area (Å²) in [6.07, 6.45) is 0. The van der Waals surface area contributed by atoms with Crippen molar-refractivity contribution in [3.8, 4) is 11.1 Å². The Bertz CT molecular complexity index is 4040. The van der Waals surface area contributed by atoms with Gasteiger partial charge in [-0.05, 0) is 130 Å². The first kappa shape index (κ1) is 44.7. The number of hydrogen-bond acceptors (Lipinski definition) is 4. The second kappa shape index (κ2) is 17.2. The molecule has 12 aromatic rings. The van der Waals surface area contributed by atoms with Gasteiger partial charge in [0.05, 0.1) is 22.2 Å². The van der Waals surface area contributed by atoms with Crippen molar-refractivity contribution in [2.75, 3.05) is 9.80 Å². The summed E-state index contributed by atoms with van der Waals surface area (Å²) in [6, 6.07) is 79.6. The average molecular weight is 965 g/mol. The van der Waals surface area contributed by atoms with E-state index < -0.39 is 5.41 Å². The number of para-hydroxylation sites is 3. The van der Waals surface area contributed by atoms with Crippen LogP contribution in [0.3, 0.4) is 0 Å². The summed E-state index contributed by atoms with van der Waals surface area (Å²) in [7, 11) is 0. The van der Waals surface area contributed by atoms with Gasteiger partial charge in [0.25, 0.3) is 0 Å². The molecule has 1 unspecified atom stereocenters. The molecule has 354 valence electrons. The molecule has 0 radical (unpaired) electrons. The largest absolute Gasteiger partial charge is 0.455 e. The van der Waals surface area contributed by atoms with Crippen molar-refractivity contribution in [2.24, 2.45) is 0 Å². The molecule has 0 fully saturated rings. The minimum atomic E-state index is -1.04. The highest BCUT2D eigenvalue weighted by Crippen LogP contribution is 2.65. The molecule has 1 aliphatic rings. The van der Waals surface area contributed by atoms with E-state index in [4.69, 9.17) is 4.42 Å². The highest BCUT2D eigenvalue weighted by molar-refractivity contribution is 7.26. The van der Waals surface area contributed by atoms with Crippen molar-refractivity contribution < 1.29 is 8.81 Å². The van der Waals surface area contributed by atoms with Crippen LogP contribution >= 0.6 is 11.3 Å². The topological polar surface area (TPSA) is 19.6 Å². The van der Waals surface area contributed by atoms with Crippen LogP contribution in [0.4, 0.5) is 38.5 Å². The molecule has 1 aliphatic carbocycles. The summed E-state index contributed by atoms with van der Waals surface area (Å²) >= 11 is 1.82. The summed E-state index contributed by atoms with van der Waals surface area (Å²) < 4.78 is 26.3. The lowest BCUT2D eigenvalue weighted by Gasteiger charge is -2.36. The van der Waals surface area contributed by atoms with Crippen molar-refractivity contribution >= 4 is 87.6 Å². The monoisotopic (exact) mass is 964 g/mol. The SMILES string of the molecule is CC(C)c1ccc(N(c2ccccc2)c2cc3c(c4oc5ccccc5c24)-c2c(cc(N(c4ccccc4)c4ccc(C(C)(C)C)cc4)c4c2sc2ccccc24)C3(c2ccccc2)c2cccc(F)c2)cc1. The molecule has 2 aromatic heterocycles. The van der Waals surface area contributed by atoms with E-state index in [0.29, 0.717) is 5.92 Å². The molecule has 0 spiro atoms. The third-order valence-corrected chi connectivity index (χ3v) is 16.3. The summed E-state index contributed by atoms with van der Waals surface area (Å²) in [6.45, 7) is 11.3. The van der Waals surface area contributed by atoms with Crippen LogP contribution in [-0.2, 0) is 10.8 Å². The fourth-order valence-corrected chi connectivity index (χ4v) is 12.9. The summed E-state index contributed by atoms with van der Waals surface area (Å²) in [5.41, 5.74) is 15.3. The van der Waals surface area contributed by atoms with E-state index in [9.17, 15) is 0 Å². The molecular weight excluding hydrogens is 912 g/mol. The quantitative estimate of drug-likeness (QED) is 0.144. The van der Waals surface area contributed by atoms with Gasteiger partial charge in [-0.2, -0.15) is 0 Å². The van der Waals surface area contributed by atoms with Crippen molar-refractivity contribution in [2.45, 2.75) is 51.4 Å². The fraction of sp³-hybridized carbons (Fsp3) is 0.118. The molecule has 0 amide bonds. The van der Waals surface area contributed by atoms with Crippen LogP contribution in [0.2, 0.25) is 0 Å². The lowest BCUT2D eigenvalue weighted by atomic mass is 9.67. The van der Waals surface area contributed by atoms with Gasteiger partial charge in [-0.15, -0.1) is 11.3 Å². The summed E-state index contributed by atoms with van der Waals surface area (Å²) in [4.78, 5) is 4.82. The van der Waals surface area contributed by atoms with Crippen LogP contribution in [0.5, 0.6) is 0 Å². The van der Waals surface area contributed by atoms with Gasteiger partial charge in [-0.25, -0.2) is 4.39 Å². The van der Waals surface area contributed by atoms with E-state index >= 15 is 4.39 Å². The normalized spacial score (nSPS) is 14.3. The number of fused-ring (bicyclic) bond motifs is 11. The van der Waals surface area contributed by atoms with Crippen LogP contribution in [-0.4, -0.2) is 0 Å². The second-order valence-electron chi connectivity index (χ2n) is 20.8. The Balaban J connectivity index is 1.24. The average Bonchev–Trinajstić information content (AvgIpc) is 4.09. The molecule has 0 saturated heterocycles. The van der Waals surface area contributed by atoms with E-state index in [2.05, 4.69) is 251 Å². The Morgan fingerprint density at radius 2 is 1.01 bits per heavy atom. The predicted octanol–water partition coefficient (Wildman–Crippen LogP) is 19.8. The number of hydrogen-bond donors (Lipinski definition) is 0. The molecule has 13 rings (SSSR count). The van der Waals surface area contributed by atoms with Gasteiger partial charge in [-0.3, -0.25) is 0 Å². The Kier molecular flexibility index (Phi) is 10.5. The zero-order valence-corrected chi connectivity index (χ0v) is 42.3. The van der Waals surface area contributed by atoms with Crippen molar-refractivity contribution in [3.05, 3.63) is 264 Å². The molecule has 3 nitrogen and oxygen atoms in total. The molecule has 5 heteroatoms. The maximum absolute atomic E-state index is 16.5. The fourth-order valence-electron chi connectivity index (χ4n) is 11.7. The van der Waals surface area contributed by atoms with E-state index in [1.807, 2.05) is 17.4 Å². The first-order valence-corrected chi connectivity index (χ1v) is 26.1. The van der Waals surface area contributed by atoms with E-state index in [-0.39, 0.29) is 11.2 Å². The number of furan rings is 1. The Morgan fingerprint density at radius 1 is 0.493 bits per heavy atom. The van der Waals surface area contributed by atoms with Crippen LogP contribution in [0.15, 0.2) is 229 Å². The molecule has 2 heterocycles. The van der Waals surface area contributed by atoms with Crippen molar-refractivity contribution in [1.29, 1.82) is 0 Å². The Hall–Kier alpha value is -8.25. The molecule has 0 aliphatic heterocycles. The highest BCUT2D eigenvalue weighted by atomic mass is 32.1. The molecule has 0 N–H and O–H groups in total. The smallest absolute Gasteiger partial charge is 0.145 e. The standard InChI is InChI=1S/C68H53FN2OS/c1-43(2)44-32-36-51(37-33-44)70(49-24-11-7-12-25-49)57-41-55-63(65-61(57)53-28-15-17-30-59(53)72-65)64-56(68(55,46-20-9-6-10-21-46)47-22-19-23-48(69)40-47)42-58(62-54-29-16-18-31-60(54)73-66(62)64)71(50-26-13-8-14-27-50)52-38-34-45(35-39-52)67(3,4)5/h6-43H,1-5H3. The molecule has 1 atom stereocenters. The van der Waals surface area contributed by atoms with Crippen LogP contribution < -0.4 is 9.80 Å². The van der Waals surface area contributed by atoms with Gasteiger partial charge >= 0.3 is 0 Å². The van der Waals surface area contributed by atoms with Gasteiger partial charge in [0, 0.05) is 59.4 Å². The van der Waals surface area contributed by atoms with Gasteiger partial charge in [0.15, 0.2) is 0 Å². The Morgan fingerprint density at radius 3 is 1.63 bits per heavy atom. The van der Waals surface area contributed by atoms with Gasteiger partial charge in [0.2, 0.25) is 0 Å². The van der Waals surface area contributed by atoms with Crippen LogP contribution in [0.1, 0.15) is 73.9 Å². The van der Waals surface area contributed by atoms with Crippen molar-refractivity contribution in [3.63, 3.8) is 0 Å². The number of thiophene rings is 1. The van der Waals surface area contributed by atoms with E-state index in [0.717, 1.165) is 99.5 Å². The number of nitrogens with zero attached hydrogens (tertiary/aromatic N) is 2. The molecule has 73 heavy (non-hydrogen) atoms. The second-order valence-corrected chi connectivity index (χ2v) is 21.8. The maximum Gasteiger partial charge on any atom is 0.145 e. The minimum Gasteiger partial charge on any atom is -0.455 e. The lowest BCUT2D eigenvalue weighted by molar-refractivity contribution is 0.590. The van der Waals surface area contributed by atoms with Crippen LogP contribution in [0, 0.1) is 5.82 Å². The van der Waals surface area contributed by atoms with Crippen molar-refractivity contribution in [1.82, 2.24) is 0 Å². The summed E-state index contributed by atoms with van der Waals surface area (Å²) in [5, 5.41) is 4.37. The minimum absolute atomic E-state index is 0.0268. The van der Waals surface area contributed by atoms with Gasteiger partial charge in [-0.1, -0.05) is 174 Å². The van der Waals surface area contributed by atoms with Crippen LogP contribution in [0.25, 0.3) is 53.2 Å². The van der Waals surface area contributed by atoms with Gasteiger partial charge in [0.1, 0.15) is 17.0 Å². The molecule has 10 aromatic carbocycles. The van der Waals surface area contributed by atoms with E-state index in [1.165, 1.54) is 21.2 Å². The first-order chi connectivity index (χ1) is 35.6. The third-order valence-electron chi connectivity index (χ3n) is 15.1. The number of anilines is 6. The number of benzene rings is 10. The Labute approximate surface area is 430 Å². The molecular formula is C68H53FN2OS. The number of halogens is 1. The highest BCUT2D eigenvalue weighted by Gasteiger charge is 2.50. The maximum atomic E-state index is 16.5.